The summed E-state index contributed by atoms with van der Waals surface area (Å²) >= 11 is 0. The van der Waals surface area contributed by atoms with E-state index in [9.17, 15) is 13.6 Å². The lowest BCUT2D eigenvalue weighted by atomic mass is 10.0. The standard InChI is InChI=1S/C10H11F2NO/c1-6-2-3-7(11)9(10(6)12)8(14)4-5-13/h2-3H,4-5,13H2,1H3. The lowest BCUT2D eigenvalue weighted by Gasteiger charge is -2.05. The molecule has 0 spiro atoms. The molecule has 0 heterocycles. The number of Topliss-reactive ketones (excluding diaryl/α,β-unsaturated/α-hetero) is 1. The summed E-state index contributed by atoms with van der Waals surface area (Å²) in [7, 11) is 0. The van der Waals surface area contributed by atoms with Crippen molar-refractivity contribution in [1.29, 1.82) is 0 Å². The summed E-state index contributed by atoms with van der Waals surface area (Å²) in [6.45, 7) is 1.57. The van der Waals surface area contributed by atoms with E-state index >= 15 is 0 Å². The molecule has 0 aromatic heterocycles. The van der Waals surface area contributed by atoms with Crippen LogP contribution in [0.2, 0.25) is 0 Å². The van der Waals surface area contributed by atoms with Gasteiger partial charge in [0.15, 0.2) is 5.78 Å². The molecule has 1 rings (SSSR count). The zero-order valence-electron chi connectivity index (χ0n) is 7.81. The zero-order chi connectivity index (χ0) is 10.7. The maximum Gasteiger partial charge on any atom is 0.170 e. The maximum atomic E-state index is 13.3. The molecular weight excluding hydrogens is 188 g/mol. The van der Waals surface area contributed by atoms with Crippen LogP contribution in [0.15, 0.2) is 12.1 Å². The van der Waals surface area contributed by atoms with Gasteiger partial charge in [0.05, 0.1) is 5.56 Å². The second-order valence-corrected chi connectivity index (χ2v) is 3.02. The summed E-state index contributed by atoms with van der Waals surface area (Å²) in [5.74, 6) is -2.21. The molecule has 2 nitrogen and oxygen atoms in total. The summed E-state index contributed by atoms with van der Waals surface area (Å²) in [6.07, 6.45) is -0.0444. The second kappa shape index (κ2) is 4.28. The highest BCUT2D eigenvalue weighted by atomic mass is 19.1. The van der Waals surface area contributed by atoms with Crippen LogP contribution in [0.1, 0.15) is 22.3 Å². The third kappa shape index (κ3) is 1.96. The number of ketones is 1. The highest BCUT2D eigenvalue weighted by Gasteiger charge is 2.17. The number of benzene rings is 1. The van der Waals surface area contributed by atoms with Gasteiger partial charge in [0.25, 0.3) is 0 Å². The minimum Gasteiger partial charge on any atom is -0.330 e. The van der Waals surface area contributed by atoms with Gasteiger partial charge in [-0.2, -0.15) is 0 Å². The molecule has 0 aliphatic heterocycles. The van der Waals surface area contributed by atoms with Gasteiger partial charge in [-0.05, 0) is 25.1 Å². The Balaban J connectivity index is 3.18. The van der Waals surface area contributed by atoms with Crippen molar-refractivity contribution in [2.24, 2.45) is 5.73 Å². The van der Waals surface area contributed by atoms with E-state index in [1.165, 1.54) is 13.0 Å². The van der Waals surface area contributed by atoms with Crippen LogP contribution in [-0.2, 0) is 0 Å². The molecule has 1 aromatic rings. The van der Waals surface area contributed by atoms with E-state index in [0.29, 0.717) is 0 Å². The molecule has 0 unspecified atom stereocenters. The molecule has 0 saturated heterocycles. The quantitative estimate of drug-likeness (QED) is 0.754. The van der Waals surface area contributed by atoms with Gasteiger partial charge in [-0.3, -0.25) is 4.79 Å². The third-order valence-corrected chi connectivity index (χ3v) is 1.93. The molecule has 4 heteroatoms. The molecular formula is C10H11F2NO. The van der Waals surface area contributed by atoms with Crippen molar-refractivity contribution in [2.75, 3.05) is 6.54 Å². The van der Waals surface area contributed by atoms with Gasteiger partial charge in [-0.15, -0.1) is 0 Å². The SMILES string of the molecule is Cc1ccc(F)c(C(=O)CCN)c1F. The van der Waals surface area contributed by atoms with Gasteiger partial charge in [-0.25, -0.2) is 8.78 Å². The summed E-state index contributed by atoms with van der Waals surface area (Å²) in [5.41, 5.74) is 4.92. The highest BCUT2D eigenvalue weighted by Crippen LogP contribution is 2.17. The smallest absolute Gasteiger partial charge is 0.170 e. The Morgan fingerprint density at radius 2 is 2.07 bits per heavy atom. The Hall–Kier alpha value is -1.29. The van der Waals surface area contributed by atoms with Crippen molar-refractivity contribution < 1.29 is 13.6 Å². The molecule has 14 heavy (non-hydrogen) atoms. The average Bonchev–Trinajstić information content (AvgIpc) is 2.13. The molecule has 0 bridgehead atoms. The van der Waals surface area contributed by atoms with Crippen LogP contribution >= 0.6 is 0 Å². The summed E-state index contributed by atoms with van der Waals surface area (Å²) in [4.78, 5) is 11.3. The highest BCUT2D eigenvalue weighted by molar-refractivity contribution is 5.96. The van der Waals surface area contributed by atoms with Crippen LogP contribution in [0.3, 0.4) is 0 Å². The third-order valence-electron chi connectivity index (χ3n) is 1.93. The van der Waals surface area contributed by atoms with Gasteiger partial charge >= 0.3 is 0 Å². The number of halogens is 2. The van der Waals surface area contributed by atoms with Crippen LogP contribution in [-0.4, -0.2) is 12.3 Å². The van der Waals surface area contributed by atoms with Gasteiger partial charge in [-0.1, -0.05) is 6.07 Å². The molecule has 0 amide bonds. The van der Waals surface area contributed by atoms with Crippen molar-refractivity contribution in [3.05, 3.63) is 34.9 Å². The number of carbonyl (C=O) groups excluding carboxylic acids is 1. The van der Waals surface area contributed by atoms with E-state index in [1.807, 2.05) is 0 Å². The van der Waals surface area contributed by atoms with Gasteiger partial charge in [0, 0.05) is 6.42 Å². The second-order valence-electron chi connectivity index (χ2n) is 3.02. The molecule has 0 aliphatic rings. The summed E-state index contributed by atoms with van der Waals surface area (Å²) < 4.78 is 26.4. The van der Waals surface area contributed by atoms with E-state index in [0.717, 1.165) is 6.07 Å². The number of nitrogens with two attached hydrogens (primary N) is 1. The maximum absolute atomic E-state index is 13.3. The normalized spacial score (nSPS) is 10.3. The van der Waals surface area contributed by atoms with Crippen LogP contribution in [0, 0.1) is 18.6 Å². The van der Waals surface area contributed by atoms with Gasteiger partial charge < -0.3 is 5.73 Å². The van der Waals surface area contributed by atoms with Crippen LogP contribution in [0.4, 0.5) is 8.78 Å². The van der Waals surface area contributed by atoms with E-state index in [4.69, 9.17) is 5.73 Å². The van der Waals surface area contributed by atoms with Crippen LogP contribution in [0.25, 0.3) is 0 Å². The van der Waals surface area contributed by atoms with Crippen molar-refractivity contribution in [3.63, 3.8) is 0 Å². The van der Waals surface area contributed by atoms with Crippen LogP contribution in [0.5, 0.6) is 0 Å². The lowest BCUT2D eigenvalue weighted by Crippen LogP contribution is -2.12. The molecule has 0 fully saturated rings. The molecule has 0 atom stereocenters. The van der Waals surface area contributed by atoms with Crippen molar-refractivity contribution in [1.82, 2.24) is 0 Å². The summed E-state index contributed by atoms with van der Waals surface area (Å²) in [6, 6.07) is 2.38. The Morgan fingerprint density at radius 3 is 2.64 bits per heavy atom. The zero-order valence-corrected chi connectivity index (χ0v) is 7.81. The molecule has 1 aromatic carbocycles. The van der Waals surface area contributed by atoms with E-state index < -0.39 is 23.0 Å². The van der Waals surface area contributed by atoms with Crippen molar-refractivity contribution >= 4 is 5.78 Å². The number of aryl methyl sites for hydroxylation is 1. The van der Waals surface area contributed by atoms with E-state index in [-0.39, 0.29) is 18.5 Å². The Kier molecular flexibility index (Phi) is 3.30. The molecule has 0 saturated carbocycles. The first-order chi connectivity index (χ1) is 6.57. The average molecular weight is 199 g/mol. The molecule has 0 aliphatic carbocycles. The molecule has 2 N–H and O–H groups in total. The largest absolute Gasteiger partial charge is 0.330 e. The Bertz CT molecular complexity index is 363. The number of rotatable bonds is 3. The summed E-state index contributed by atoms with van der Waals surface area (Å²) in [5, 5.41) is 0. The van der Waals surface area contributed by atoms with E-state index in [1.54, 1.807) is 0 Å². The molecule has 0 radical (unpaired) electrons. The first-order valence-corrected chi connectivity index (χ1v) is 4.25. The first kappa shape index (κ1) is 10.8. The Morgan fingerprint density at radius 1 is 1.43 bits per heavy atom. The minimum atomic E-state index is -0.827. The number of hydrogen-bond donors (Lipinski definition) is 1. The predicted molar refractivity (Wildman–Crippen MR) is 49.1 cm³/mol. The lowest BCUT2D eigenvalue weighted by molar-refractivity contribution is 0.0977. The topological polar surface area (TPSA) is 43.1 Å². The fourth-order valence-electron chi connectivity index (χ4n) is 1.17. The number of hydrogen-bond acceptors (Lipinski definition) is 2. The minimum absolute atomic E-state index is 0.0444. The van der Waals surface area contributed by atoms with Crippen LogP contribution < -0.4 is 5.73 Å². The first-order valence-electron chi connectivity index (χ1n) is 4.25. The van der Waals surface area contributed by atoms with Gasteiger partial charge in [0.1, 0.15) is 11.6 Å². The predicted octanol–water partition coefficient (Wildman–Crippen LogP) is 1.80. The van der Waals surface area contributed by atoms with Crippen molar-refractivity contribution in [2.45, 2.75) is 13.3 Å². The fourth-order valence-corrected chi connectivity index (χ4v) is 1.17. The van der Waals surface area contributed by atoms with E-state index in [2.05, 4.69) is 0 Å². The van der Waals surface area contributed by atoms with Gasteiger partial charge in [0.2, 0.25) is 0 Å². The Labute approximate surface area is 80.7 Å². The number of carbonyl (C=O) groups is 1. The fraction of sp³-hybridized carbons (Fsp3) is 0.300. The monoisotopic (exact) mass is 199 g/mol. The van der Waals surface area contributed by atoms with Crippen molar-refractivity contribution in [3.8, 4) is 0 Å². The molecule has 76 valence electrons.